The van der Waals surface area contributed by atoms with Gasteiger partial charge in [-0.25, -0.2) is 4.79 Å². The van der Waals surface area contributed by atoms with Gasteiger partial charge in [0, 0.05) is 7.05 Å². The standard InChI is InChI=1S/C14H26N2O4/c1-13(2,20)10-16(3)12(19)15-14(9-11(17)18)7-5-4-6-8-14/h20H,4-10H2,1-3H3,(H,15,19)(H,17,18). The van der Waals surface area contributed by atoms with Crippen LogP contribution < -0.4 is 5.32 Å². The number of aliphatic carboxylic acids is 1. The molecule has 0 radical (unpaired) electrons. The molecule has 1 aliphatic carbocycles. The first-order chi connectivity index (χ1) is 9.14. The Morgan fingerprint density at radius 3 is 2.25 bits per heavy atom. The van der Waals surface area contributed by atoms with Crippen LogP contribution in [0.3, 0.4) is 0 Å². The lowest BCUT2D eigenvalue weighted by atomic mass is 9.79. The molecule has 20 heavy (non-hydrogen) atoms. The molecular formula is C14H26N2O4. The SMILES string of the molecule is CN(CC(C)(C)O)C(=O)NC1(CC(=O)O)CCCCC1. The van der Waals surface area contributed by atoms with Gasteiger partial charge >= 0.3 is 12.0 Å². The van der Waals surface area contributed by atoms with Crippen LogP contribution in [0.15, 0.2) is 0 Å². The summed E-state index contributed by atoms with van der Waals surface area (Å²) < 4.78 is 0. The van der Waals surface area contributed by atoms with Gasteiger partial charge in [0.1, 0.15) is 0 Å². The van der Waals surface area contributed by atoms with Crippen molar-refractivity contribution < 1.29 is 19.8 Å². The molecule has 0 aromatic carbocycles. The normalized spacial score (nSPS) is 18.4. The molecule has 2 amide bonds. The van der Waals surface area contributed by atoms with E-state index in [1.165, 1.54) is 4.90 Å². The summed E-state index contributed by atoms with van der Waals surface area (Å²) in [5.74, 6) is -0.891. The van der Waals surface area contributed by atoms with Crippen molar-refractivity contribution in [3.63, 3.8) is 0 Å². The zero-order chi connectivity index (χ0) is 15.4. The maximum Gasteiger partial charge on any atom is 0.317 e. The fourth-order valence-electron chi connectivity index (χ4n) is 2.84. The number of carbonyl (C=O) groups excluding carboxylic acids is 1. The van der Waals surface area contributed by atoms with E-state index in [0.717, 1.165) is 19.3 Å². The third kappa shape index (κ3) is 5.36. The molecule has 0 spiro atoms. The molecule has 6 nitrogen and oxygen atoms in total. The number of aliphatic hydroxyl groups is 1. The smallest absolute Gasteiger partial charge is 0.317 e. The van der Waals surface area contributed by atoms with Crippen molar-refractivity contribution in [2.45, 2.75) is 63.5 Å². The highest BCUT2D eigenvalue weighted by molar-refractivity contribution is 5.76. The van der Waals surface area contributed by atoms with Gasteiger partial charge in [0.25, 0.3) is 0 Å². The van der Waals surface area contributed by atoms with E-state index in [1.54, 1.807) is 20.9 Å². The molecule has 0 unspecified atom stereocenters. The predicted octanol–water partition coefficient (Wildman–Crippen LogP) is 1.58. The van der Waals surface area contributed by atoms with Gasteiger partial charge < -0.3 is 20.4 Å². The molecule has 1 fully saturated rings. The molecule has 0 bridgehead atoms. The molecule has 0 heterocycles. The molecule has 3 N–H and O–H groups in total. The summed E-state index contributed by atoms with van der Waals surface area (Å²) in [5, 5.41) is 21.7. The largest absolute Gasteiger partial charge is 0.481 e. The minimum absolute atomic E-state index is 0.0465. The van der Waals surface area contributed by atoms with Crippen molar-refractivity contribution >= 4 is 12.0 Å². The van der Waals surface area contributed by atoms with Crippen molar-refractivity contribution in [2.24, 2.45) is 0 Å². The molecule has 0 aliphatic heterocycles. The molecule has 1 rings (SSSR count). The molecule has 0 aromatic rings. The third-order valence-electron chi connectivity index (χ3n) is 3.64. The Bertz CT molecular complexity index is 357. The molecular weight excluding hydrogens is 260 g/mol. The highest BCUT2D eigenvalue weighted by atomic mass is 16.4. The first kappa shape index (κ1) is 16.8. The summed E-state index contributed by atoms with van der Waals surface area (Å²) in [5.41, 5.74) is -1.62. The minimum Gasteiger partial charge on any atom is -0.481 e. The van der Waals surface area contributed by atoms with Gasteiger partial charge in [0.15, 0.2) is 0 Å². The molecule has 116 valence electrons. The topological polar surface area (TPSA) is 89.9 Å². The summed E-state index contributed by atoms with van der Waals surface area (Å²) >= 11 is 0. The van der Waals surface area contributed by atoms with Gasteiger partial charge in [-0.1, -0.05) is 19.3 Å². The van der Waals surface area contributed by atoms with E-state index in [-0.39, 0.29) is 19.0 Å². The van der Waals surface area contributed by atoms with Crippen LogP contribution in [0, 0.1) is 0 Å². The fourth-order valence-corrected chi connectivity index (χ4v) is 2.84. The monoisotopic (exact) mass is 286 g/mol. The van der Waals surface area contributed by atoms with E-state index >= 15 is 0 Å². The van der Waals surface area contributed by atoms with Gasteiger partial charge in [0.2, 0.25) is 0 Å². The number of urea groups is 1. The van der Waals surface area contributed by atoms with Crippen LogP contribution >= 0.6 is 0 Å². The number of hydrogen-bond acceptors (Lipinski definition) is 3. The zero-order valence-electron chi connectivity index (χ0n) is 12.6. The fraction of sp³-hybridized carbons (Fsp3) is 0.857. The summed E-state index contributed by atoms with van der Waals surface area (Å²) in [6.07, 6.45) is 4.29. The van der Waals surface area contributed by atoms with Crippen LogP contribution in [0.4, 0.5) is 4.79 Å². The van der Waals surface area contributed by atoms with Gasteiger partial charge in [-0.15, -0.1) is 0 Å². The van der Waals surface area contributed by atoms with Crippen molar-refractivity contribution in [1.82, 2.24) is 10.2 Å². The number of hydrogen-bond donors (Lipinski definition) is 3. The second-order valence-corrected chi connectivity index (χ2v) is 6.51. The first-order valence-corrected chi connectivity index (χ1v) is 7.11. The maximum absolute atomic E-state index is 12.2. The number of carboxylic acids is 1. The summed E-state index contributed by atoms with van der Waals surface area (Å²) in [6.45, 7) is 3.46. The van der Waals surface area contributed by atoms with Gasteiger partial charge in [-0.2, -0.15) is 0 Å². The average molecular weight is 286 g/mol. The van der Waals surface area contributed by atoms with Crippen LogP contribution in [-0.2, 0) is 4.79 Å². The molecule has 0 atom stereocenters. The number of nitrogens with one attached hydrogen (secondary N) is 1. The number of carboxylic acid groups (broad SMARTS) is 1. The Hall–Kier alpha value is -1.30. The highest BCUT2D eigenvalue weighted by Gasteiger charge is 2.36. The van der Waals surface area contributed by atoms with Crippen LogP contribution in [0.2, 0.25) is 0 Å². The lowest BCUT2D eigenvalue weighted by Gasteiger charge is -2.38. The van der Waals surface area contributed by atoms with Crippen LogP contribution in [0.25, 0.3) is 0 Å². The number of amides is 2. The molecule has 6 heteroatoms. The molecule has 1 saturated carbocycles. The summed E-state index contributed by atoms with van der Waals surface area (Å²) in [7, 11) is 1.60. The van der Waals surface area contributed by atoms with Gasteiger partial charge in [0.05, 0.1) is 24.1 Å². The number of carbonyl (C=O) groups is 2. The summed E-state index contributed by atoms with van der Waals surface area (Å²) in [6, 6.07) is -0.324. The van der Waals surface area contributed by atoms with Gasteiger partial charge in [-0.05, 0) is 26.7 Å². The lowest BCUT2D eigenvalue weighted by Crippen LogP contribution is -2.56. The molecule has 1 aliphatic rings. The van der Waals surface area contributed by atoms with E-state index < -0.39 is 17.1 Å². The van der Waals surface area contributed by atoms with Crippen LogP contribution in [0.5, 0.6) is 0 Å². The second kappa shape index (κ2) is 6.43. The van der Waals surface area contributed by atoms with Crippen molar-refractivity contribution in [3.05, 3.63) is 0 Å². The third-order valence-corrected chi connectivity index (χ3v) is 3.64. The Balaban J connectivity index is 2.69. The maximum atomic E-state index is 12.2. The van der Waals surface area contributed by atoms with Crippen LogP contribution in [-0.4, -0.2) is 51.8 Å². The van der Waals surface area contributed by atoms with Crippen LogP contribution in [0.1, 0.15) is 52.4 Å². The second-order valence-electron chi connectivity index (χ2n) is 6.51. The van der Waals surface area contributed by atoms with Crippen molar-refractivity contribution in [2.75, 3.05) is 13.6 Å². The molecule has 0 saturated heterocycles. The lowest BCUT2D eigenvalue weighted by molar-refractivity contribution is -0.139. The number of likely N-dealkylation sites (N-methyl/N-ethyl adjacent to an activating group) is 1. The minimum atomic E-state index is -0.974. The van der Waals surface area contributed by atoms with E-state index in [9.17, 15) is 14.7 Å². The Morgan fingerprint density at radius 1 is 1.25 bits per heavy atom. The van der Waals surface area contributed by atoms with Gasteiger partial charge in [-0.3, -0.25) is 4.79 Å². The predicted molar refractivity (Wildman–Crippen MR) is 75.5 cm³/mol. The average Bonchev–Trinajstić information content (AvgIpc) is 2.26. The van der Waals surface area contributed by atoms with E-state index in [2.05, 4.69) is 5.32 Å². The summed E-state index contributed by atoms with van der Waals surface area (Å²) in [4.78, 5) is 24.6. The number of nitrogens with zero attached hydrogens (tertiary/aromatic N) is 1. The first-order valence-electron chi connectivity index (χ1n) is 7.11. The number of rotatable bonds is 5. The Labute approximate surface area is 120 Å². The molecule has 0 aromatic heterocycles. The quantitative estimate of drug-likeness (QED) is 0.715. The van der Waals surface area contributed by atoms with E-state index in [0.29, 0.717) is 12.8 Å². The highest BCUT2D eigenvalue weighted by Crippen LogP contribution is 2.31. The van der Waals surface area contributed by atoms with E-state index in [1.807, 2.05) is 0 Å². The van der Waals surface area contributed by atoms with Crippen molar-refractivity contribution in [3.8, 4) is 0 Å². The Kier molecular flexibility index (Phi) is 5.39. The van der Waals surface area contributed by atoms with E-state index in [4.69, 9.17) is 5.11 Å². The zero-order valence-corrected chi connectivity index (χ0v) is 12.6. The Morgan fingerprint density at radius 2 is 1.80 bits per heavy atom. The van der Waals surface area contributed by atoms with Crippen molar-refractivity contribution in [1.29, 1.82) is 0 Å².